The summed E-state index contributed by atoms with van der Waals surface area (Å²) >= 11 is 0. The number of carbonyl (C=O) groups is 1. The van der Waals surface area contributed by atoms with Crippen LogP contribution in [0.3, 0.4) is 0 Å². The highest BCUT2D eigenvalue weighted by Gasteiger charge is 2.12. The van der Waals surface area contributed by atoms with Crippen LogP contribution in [0.25, 0.3) is 0 Å². The van der Waals surface area contributed by atoms with Crippen LogP contribution in [0.2, 0.25) is 0 Å². The van der Waals surface area contributed by atoms with Gasteiger partial charge in [-0.25, -0.2) is 0 Å². The van der Waals surface area contributed by atoms with Crippen molar-refractivity contribution in [1.29, 1.82) is 0 Å². The topological polar surface area (TPSA) is 63.3 Å². The van der Waals surface area contributed by atoms with Gasteiger partial charge in [0.25, 0.3) is 0 Å². The summed E-state index contributed by atoms with van der Waals surface area (Å²) in [5.74, 6) is -1.00. The second kappa shape index (κ2) is 3.16. The predicted octanol–water partition coefficient (Wildman–Crippen LogP) is 0.771. The van der Waals surface area contributed by atoms with Crippen molar-refractivity contribution in [1.82, 2.24) is 0 Å². The third-order valence-electron chi connectivity index (χ3n) is 1.42. The molecule has 0 heterocycles. The van der Waals surface area contributed by atoms with Gasteiger partial charge in [-0.1, -0.05) is 30.3 Å². The maximum absolute atomic E-state index is 10.4. The van der Waals surface area contributed by atoms with Gasteiger partial charge in [-0.2, -0.15) is 0 Å². The first-order valence-corrected chi connectivity index (χ1v) is 3.25. The summed E-state index contributed by atoms with van der Waals surface area (Å²) in [6, 6.07) is 7.82. The van der Waals surface area contributed by atoms with E-state index in [4.69, 9.17) is 10.8 Å². The molecule has 0 saturated heterocycles. The lowest BCUT2D eigenvalue weighted by Gasteiger charge is -2.04. The molecule has 3 nitrogen and oxygen atoms in total. The van der Waals surface area contributed by atoms with Crippen molar-refractivity contribution < 1.29 is 9.90 Å². The predicted molar refractivity (Wildman–Crippen MR) is 41.0 cm³/mol. The minimum atomic E-state index is -1.00. The van der Waals surface area contributed by atoms with Crippen LogP contribution in [0.4, 0.5) is 0 Å². The first kappa shape index (κ1) is 7.75. The maximum atomic E-state index is 10.4. The lowest BCUT2D eigenvalue weighted by molar-refractivity contribution is -0.138. The Kier molecular flexibility index (Phi) is 2.23. The first-order valence-electron chi connectivity index (χ1n) is 3.25. The van der Waals surface area contributed by atoms with Crippen LogP contribution in [0, 0.1) is 0 Å². The summed E-state index contributed by atoms with van der Waals surface area (Å²) in [5, 5.41) is 8.51. The molecule has 0 aliphatic carbocycles. The van der Waals surface area contributed by atoms with E-state index >= 15 is 0 Å². The summed E-state index contributed by atoms with van der Waals surface area (Å²) in [6.07, 6.45) is 0. The fourth-order valence-corrected chi connectivity index (χ4v) is 0.803. The van der Waals surface area contributed by atoms with Crippen molar-refractivity contribution in [3.05, 3.63) is 35.9 Å². The van der Waals surface area contributed by atoms with Crippen LogP contribution >= 0.6 is 0 Å². The fourth-order valence-electron chi connectivity index (χ4n) is 0.803. The Labute approximate surface area is 64.5 Å². The second-order valence-electron chi connectivity index (χ2n) is 2.23. The van der Waals surface area contributed by atoms with E-state index in [2.05, 4.69) is 0 Å². The Balaban J connectivity index is 2.85. The molecule has 0 aromatic heterocycles. The molecule has 0 aliphatic heterocycles. The fraction of sp³-hybridized carbons (Fsp3) is 0.125. The highest BCUT2D eigenvalue weighted by atomic mass is 16.4. The van der Waals surface area contributed by atoms with Crippen molar-refractivity contribution in [2.45, 2.75) is 6.04 Å². The monoisotopic (exact) mass is 150 g/mol. The van der Waals surface area contributed by atoms with Crippen LogP contribution in [-0.2, 0) is 4.79 Å². The summed E-state index contributed by atoms with van der Waals surface area (Å²) in [7, 11) is 0. The number of hydrogen-bond donors (Lipinski definition) is 2. The van der Waals surface area contributed by atoms with Gasteiger partial charge in [0.1, 0.15) is 6.04 Å². The summed E-state index contributed by atoms with van der Waals surface area (Å²) < 4.78 is 0. The molecule has 0 aliphatic rings. The van der Waals surface area contributed by atoms with Crippen molar-refractivity contribution in [2.24, 2.45) is 5.73 Å². The Morgan fingerprint density at radius 1 is 1.36 bits per heavy atom. The molecular weight excluding hydrogens is 141 g/mol. The minimum absolute atomic E-state index is 0.625. The molecule has 1 aromatic rings. The molecule has 11 heavy (non-hydrogen) atoms. The third-order valence-corrected chi connectivity index (χ3v) is 1.42. The number of carboxylic acids is 1. The van der Waals surface area contributed by atoms with E-state index in [1.165, 1.54) is 0 Å². The van der Waals surface area contributed by atoms with Gasteiger partial charge in [0.05, 0.1) is 0 Å². The van der Waals surface area contributed by atoms with E-state index < -0.39 is 12.0 Å². The molecule has 3 heteroatoms. The number of aliphatic carboxylic acids is 1. The SMILES string of the molecule is N[11CH](C(=O)O)c1ccccc1. The summed E-state index contributed by atoms with van der Waals surface area (Å²) in [5.41, 5.74) is 5.96. The van der Waals surface area contributed by atoms with Crippen molar-refractivity contribution in [3.63, 3.8) is 0 Å². The molecule has 1 rings (SSSR count). The number of rotatable bonds is 2. The van der Waals surface area contributed by atoms with Gasteiger partial charge in [0.2, 0.25) is 0 Å². The van der Waals surface area contributed by atoms with Crippen LogP contribution in [0.15, 0.2) is 30.3 Å². The molecule has 0 spiro atoms. The van der Waals surface area contributed by atoms with E-state index in [-0.39, 0.29) is 0 Å². The zero-order chi connectivity index (χ0) is 8.27. The summed E-state index contributed by atoms with van der Waals surface area (Å²) in [4.78, 5) is 10.4. The molecule has 0 amide bonds. The van der Waals surface area contributed by atoms with Crippen molar-refractivity contribution in [2.75, 3.05) is 0 Å². The molecule has 0 radical (unpaired) electrons. The number of hydrogen-bond acceptors (Lipinski definition) is 2. The van der Waals surface area contributed by atoms with Gasteiger partial charge < -0.3 is 10.8 Å². The second-order valence-corrected chi connectivity index (χ2v) is 2.23. The van der Waals surface area contributed by atoms with E-state index in [1.807, 2.05) is 6.07 Å². The highest BCUT2D eigenvalue weighted by Crippen LogP contribution is 2.08. The van der Waals surface area contributed by atoms with Gasteiger partial charge in [-0.3, -0.25) is 4.79 Å². The van der Waals surface area contributed by atoms with Crippen molar-refractivity contribution >= 4 is 5.97 Å². The normalized spacial score (nSPS) is 12.5. The van der Waals surface area contributed by atoms with E-state index in [0.29, 0.717) is 5.56 Å². The summed E-state index contributed by atoms with van der Waals surface area (Å²) in [6.45, 7) is 0. The molecule has 1 unspecified atom stereocenters. The van der Waals surface area contributed by atoms with Crippen LogP contribution in [0.5, 0.6) is 0 Å². The zero-order valence-corrected chi connectivity index (χ0v) is 5.90. The smallest absolute Gasteiger partial charge is 0.325 e. The quantitative estimate of drug-likeness (QED) is 0.654. The number of benzene rings is 1. The number of nitrogens with two attached hydrogens (primary N) is 1. The van der Waals surface area contributed by atoms with Gasteiger partial charge in [0.15, 0.2) is 0 Å². The third kappa shape index (κ3) is 1.78. The van der Waals surface area contributed by atoms with Gasteiger partial charge in [-0.05, 0) is 5.56 Å². The molecule has 1 atom stereocenters. The van der Waals surface area contributed by atoms with Crippen LogP contribution < -0.4 is 5.73 Å². The molecule has 58 valence electrons. The Morgan fingerprint density at radius 2 is 1.91 bits per heavy atom. The molecule has 1 aromatic carbocycles. The Hall–Kier alpha value is -1.35. The van der Waals surface area contributed by atoms with Gasteiger partial charge in [0, 0.05) is 0 Å². The van der Waals surface area contributed by atoms with E-state index in [0.717, 1.165) is 0 Å². The highest BCUT2D eigenvalue weighted by molar-refractivity contribution is 5.75. The molecular formula is C8H9NO2. The van der Waals surface area contributed by atoms with E-state index in [9.17, 15) is 4.79 Å². The Morgan fingerprint density at radius 3 is 2.36 bits per heavy atom. The van der Waals surface area contributed by atoms with Crippen LogP contribution in [-0.4, -0.2) is 11.1 Å². The molecule has 3 N–H and O–H groups in total. The Bertz CT molecular complexity index is 246. The average Bonchev–Trinajstić information content (AvgIpc) is 2.05. The first-order chi connectivity index (χ1) is 5.22. The van der Waals surface area contributed by atoms with Crippen molar-refractivity contribution in [3.8, 4) is 0 Å². The zero-order valence-electron chi connectivity index (χ0n) is 5.90. The lowest BCUT2D eigenvalue weighted by Crippen LogP contribution is -2.20. The number of carboxylic acid groups (broad SMARTS) is 1. The van der Waals surface area contributed by atoms with Gasteiger partial charge >= 0.3 is 5.97 Å². The largest absolute Gasteiger partial charge is 0.480 e. The standard InChI is InChI=1S/C8H9NO2/c9-7(8(10)11)6-4-2-1-3-5-6/h1-5,7H,9H2,(H,10,11)/i7-1. The van der Waals surface area contributed by atoms with Gasteiger partial charge in [-0.15, -0.1) is 0 Å². The van der Waals surface area contributed by atoms with E-state index in [1.54, 1.807) is 24.3 Å². The van der Waals surface area contributed by atoms with Crippen LogP contribution in [0.1, 0.15) is 11.6 Å². The molecule has 0 fully saturated rings. The lowest BCUT2D eigenvalue weighted by atomic mass is 9.69. The maximum Gasteiger partial charge on any atom is 0.325 e. The average molecular weight is 150 g/mol. The molecule has 0 saturated carbocycles. The minimum Gasteiger partial charge on any atom is -0.480 e. The molecule has 0 bridgehead atoms.